The molecule has 1 aromatic carbocycles. The second-order valence-corrected chi connectivity index (χ2v) is 4.91. The van der Waals surface area contributed by atoms with E-state index in [1.54, 1.807) is 0 Å². The summed E-state index contributed by atoms with van der Waals surface area (Å²) in [6, 6.07) is 12.4. The summed E-state index contributed by atoms with van der Waals surface area (Å²) in [4.78, 5) is 6.70. The van der Waals surface area contributed by atoms with Crippen molar-refractivity contribution in [3.63, 3.8) is 0 Å². The van der Waals surface area contributed by atoms with Gasteiger partial charge in [-0.15, -0.1) is 0 Å². The molecule has 1 aromatic heterocycles. The van der Waals surface area contributed by atoms with Crippen LogP contribution in [0.25, 0.3) is 0 Å². The molecule has 2 aromatic rings. The molecule has 3 heteroatoms. The minimum Gasteiger partial charge on any atom is -0.326 e. The monoisotopic (exact) mass is 255 g/mol. The minimum absolute atomic E-state index is 0.590. The molecule has 0 aliphatic carbocycles. The summed E-state index contributed by atoms with van der Waals surface area (Å²) in [5, 5.41) is 0. The van der Waals surface area contributed by atoms with Crippen LogP contribution >= 0.6 is 0 Å². The molecule has 3 nitrogen and oxygen atoms in total. The molecule has 0 saturated carbocycles. The Morgan fingerprint density at radius 3 is 2.47 bits per heavy atom. The zero-order chi connectivity index (χ0) is 13.7. The van der Waals surface area contributed by atoms with E-state index >= 15 is 0 Å². The Bertz CT molecular complexity index is 537. The first-order valence-corrected chi connectivity index (χ1v) is 6.56. The fourth-order valence-electron chi connectivity index (χ4n) is 2.20. The lowest BCUT2D eigenvalue weighted by Gasteiger charge is -2.19. The number of rotatable bonds is 5. The molecule has 0 aliphatic heterocycles. The Morgan fingerprint density at radius 2 is 1.79 bits per heavy atom. The maximum atomic E-state index is 5.77. The van der Waals surface area contributed by atoms with Crippen LogP contribution in [0.5, 0.6) is 0 Å². The van der Waals surface area contributed by atoms with Gasteiger partial charge in [0.15, 0.2) is 0 Å². The third-order valence-electron chi connectivity index (χ3n) is 3.32. The van der Waals surface area contributed by atoms with Gasteiger partial charge in [0.2, 0.25) is 0 Å². The Hall–Kier alpha value is -1.71. The number of benzene rings is 1. The molecule has 0 radical (unpaired) electrons. The molecule has 0 amide bonds. The lowest BCUT2D eigenvalue weighted by atomic mass is 10.1. The highest BCUT2D eigenvalue weighted by molar-refractivity contribution is 5.27. The highest BCUT2D eigenvalue weighted by Crippen LogP contribution is 2.13. The van der Waals surface area contributed by atoms with Crippen molar-refractivity contribution >= 4 is 0 Å². The first kappa shape index (κ1) is 13.7. The van der Waals surface area contributed by atoms with E-state index in [0.29, 0.717) is 6.54 Å². The molecule has 2 N–H and O–H groups in total. The van der Waals surface area contributed by atoms with Crippen molar-refractivity contribution < 1.29 is 0 Å². The normalized spacial score (nSPS) is 10.9. The summed E-state index contributed by atoms with van der Waals surface area (Å²) in [5.74, 6) is 0. The summed E-state index contributed by atoms with van der Waals surface area (Å²) < 4.78 is 0. The third-order valence-corrected chi connectivity index (χ3v) is 3.32. The van der Waals surface area contributed by atoms with Crippen LogP contribution in [0, 0.1) is 6.92 Å². The number of aromatic nitrogens is 1. The van der Waals surface area contributed by atoms with E-state index in [0.717, 1.165) is 18.8 Å². The van der Waals surface area contributed by atoms with Crippen LogP contribution < -0.4 is 5.73 Å². The lowest BCUT2D eigenvalue weighted by molar-refractivity contribution is 0.313. The fraction of sp³-hybridized carbons (Fsp3) is 0.312. The summed E-state index contributed by atoms with van der Waals surface area (Å²) >= 11 is 0. The molecular formula is C16H21N3. The van der Waals surface area contributed by atoms with Crippen LogP contribution in [0.3, 0.4) is 0 Å². The number of nitrogens with zero attached hydrogens (tertiary/aromatic N) is 2. The first-order chi connectivity index (χ1) is 9.20. The van der Waals surface area contributed by atoms with E-state index in [1.165, 1.54) is 16.7 Å². The van der Waals surface area contributed by atoms with Gasteiger partial charge in [0.25, 0.3) is 0 Å². The number of hydrogen-bond acceptors (Lipinski definition) is 3. The molecule has 0 bridgehead atoms. The second-order valence-electron chi connectivity index (χ2n) is 4.91. The average molecular weight is 255 g/mol. The second kappa shape index (κ2) is 6.45. The van der Waals surface area contributed by atoms with Crippen molar-refractivity contribution in [1.29, 1.82) is 0 Å². The van der Waals surface area contributed by atoms with Crippen molar-refractivity contribution in [3.05, 3.63) is 65.0 Å². The topological polar surface area (TPSA) is 42.2 Å². The fourth-order valence-corrected chi connectivity index (χ4v) is 2.20. The van der Waals surface area contributed by atoms with Gasteiger partial charge < -0.3 is 5.73 Å². The van der Waals surface area contributed by atoms with Crippen LogP contribution in [0.4, 0.5) is 0 Å². The van der Waals surface area contributed by atoms with Gasteiger partial charge in [0.1, 0.15) is 0 Å². The smallest absolute Gasteiger partial charge is 0.0573 e. The molecule has 100 valence electrons. The largest absolute Gasteiger partial charge is 0.326 e. The highest BCUT2D eigenvalue weighted by atomic mass is 15.1. The van der Waals surface area contributed by atoms with Crippen LogP contribution in [-0.4, -0.2) is 16.9 Å². The van der Waals surface area contributed by atoms with Crippen LogP contribution in [0.2, 0.25) is 0 Å². The van der Waals surface area contributed by atoms with Gasteiger partial charge in [0, 0.05) is 25.8 Å². The lowest BCUT2D eigenvalue weighted by Crippen LogP contribution is -2.20. The van der Waals surface area contributed by atoms with Gasteiger partial charge in [-0.25, -0.2) is 0 Å². The molecule has 0 atom stereocenters. The standard InChI is InChI=1S/C16H21N3/c1-13-6-5-9-18-16(13)12-19(2)11-15-8-4-3-7-14(15)10-17/h3-9H,10-12,17H2,1-2H3. The molecule has 0 aliphatic rings. The molecular weight excluding hydrogens is 234 g/mol. The van der Waals surface area contributed by atoms with Gasteiger partial charge in [0.05, 0.1) is 5.69 Å². The van der Waals surface area contributed by atoms with E-state index in [1.807, 2.05) is 18.3 Å². The first-order valence-electron chi connectivity index (χ1n) is 6.56. The van der Waals surface area contributed by atoms with Gasteiger partial charge in [-0.1, -0.05) is 30.3 Å². The number of hydrogen-bond donors (Lipinski definition) is 1. The van der Waals surface area contributed by atoms with E-state index in [4.69, 9.17) is 5.73 Å². The Balaban J connectivity index is 2.05. The number of nitrogens with two attached hydrogens (primary N) is 1. The minimum atomic E-state index is 0.590. The van der Waals surface area contributed by atoms with Gasteiger partial charge in [-0.3, -0.25) is 9.88 Å². The quantitative estimate of drug-likeness (QED) is 0.892. The third kappa shape index (κ3) is 3.63. The van der Waals surface area contributed by atoms with Crippen molar-refractivity contribution in [1.82, 2.24) is 9.88 Å². The van der Waals surface area contributed by atoms with Crippen LogP contribution in [-0.2, 0) is 19.6 Å². The Kier molecular flexibility index (Phi) is 4.66. The molecule has 19 heavy (non-hydrogen) atoms. The van der Waals surface area contributed by atoms with E-state index < -0.39 is 0 Å². The Morgan fingerprint density at radius 1 is 1.05 bits per heavy atom. The SMILES string of the molecule is Cc1cccnc1CN(C)Cc1ccccc1CN. The maximum Gasteiger partial charge on any atom is 0.0573 e. The van der Waals surface area contributed by atoms with Crippen molar-refractivity contribution in [2.24, 2.45) is 5.73 Å². The molecule has 0 fully saturated rings. The average Bonchev–Trinajstić information content (AvgIpc) is 2.42. The summed E-state index contributed by atoms with van der Waals surface area (Å²) in [6.45, 7) is 4.44. The summed E-state index contributed by atoms with van der Waals surface area (Å²) in [5.41, 5.74) is 10.7. The van der Waals surface area contributed by atoms with Crippen LogP contribution in [0.15, 0.2) is 42.6 Å². The van der Waals surface area contributed by atoms with Crippen molar-refractivity contribution in [2.75, 3.05) is 7.05 Å². The summed E-state index contributed by atoms with van der Waals surface area (Å²) in [7, 11) is 2.11. The molecule has 0 unspecified atom stereocenters. The number of pyridine rings is 1. The van der Waals surface area contributed by atoms with Gasteiger partial charge in [-0.2, -0.15) is 0 Å². The molecule has 0 spiro atoms. The van der Waals surface area contributed by atoms with Crippen LogP contribution in [0.1, 0.15) is 22.4 Å². The molecule has 1 heterocycles. The predicted molar refractivity (Wildman–Crippen MR) is 78.5 cm³/mol. The molecule has 0 saturated heterocycles. The van der Waals surface area contributed by atoms with Gasteiger partial charge >= 0.3 is 0 Å². The number of aryl methyl sites for hydroxylation is 1. The van der Waals surface area contributed by atoms with Crippen molar-refractivity contribution in [3.8, 4) is 0 Å². The van der Waals surface area contributed by atoms with E-state index in [-0.39, 0.29) is 0 Å². The highest BCUT2D eigenvalue weighted by Gasteiger charge is 2.07. The predicted octanol–water partition coefficient (Wildman–Crippen LogP) is 2.48. The zero-order valence-corrected chi connectivity index (χ0v) is 11.6. The van der Waals surface area contributed by atoms with E-state index in [9.17, 15) is 0 Å². The zero-order valence-electron chi connectivity index (χ0n) is 11.6. The molecule has 2 rings (SSSR count). The maximum absolute atomic E-state index is 5.77. The van der Waals surface area contributed by atoms with Crippen molar-refractivity contribution in [2.45, 2.75) is 26.6 Å². The van der Waals surface area contributed by atoms with Gasteiger partial charge in [-0.05, 0) is 36.7 Å². The summed E-state index contributed by atoms with van der Waals surface area (Å²) in [6.07, 6.45) is 1.85. The van der Waals surface area contributed by atoms with E-state index in [2.05, 4.69) is 48.1 Å². The Labute approximate surface area is 115 Å².